The van der Waals surface area contributed by atoms with Crippen LogP contribution in [-0.4, -0.2) is 25.9 Å². The van der Waals surface area contributed by atoms with E-state index in [0.717, 1.165) is 21.4 Å². The van der Waals surface area contributed by atoms with Crippen molar-refractivity contribution in [2.24, 2.45) is 0 Å². The number of nitrogens with zero attached hydrogens (tertiary/aromatic N) is 4. The number of amides is 1. The van der Waals surface area contributed by atoms with Gasteiger partial charge in [0.2, 0.25) is 6.41 Å². The van der Waals surface area contributed by atoms with Crippen LogP contribution in [0.1, 0.15) is 5.56 Å². The van der Waals surface area contributed by atoms with Crippen molar-refractivity contribution in [1.82, 2.24) is 14.5 Å². The molecule has 4 aromatic rings. The monoisotopic (exact) mass is 405 g/mol. The Kier molecular flexibility index (Phi) is 5.21. The average molecular weight is 405 g/mol. The molecule has 0 atom stereocenters. The first kappa shape index (κ1) is 18.6. The van der Waals surface area contributed by atoms with Crippen LogP contribution in [-0.2, 0) is 11.3 Å². The molecule has 0 spiro atoms. The van der Waals surface area contributed by atoms with Gasteiger partial charge < -0.3 is 9.88 Å². The zero-order chi connectivity index (χ0) is 20.2. The standard InChI is InChI=1S/C20H15N5O3S/c26-13-23-15-5-6-16-18(7-15)24(10-14-8-21-12-22-9-14)11-20(16)29-19-4-2-1-3-17(19)25(27)28/h1-9,11-13H,10H2,(H,23,26). The molecule has 29 heavy (non-hydrogen) atoms. The van der Waals surface area contributed by atoms with Crippen molar-refractivity contribution < 1.29 is 9.72 Å². The minimum atomic E-state index is -0.380. The molecule has 0 fully saturated rings. The molecule has 4 rings (SSSR count). The fourth-order valence-corrected chi connectivity index (χ4v) is 4.14. The number of nitro benzene ring substituents is 1. The molecule has 0 aliphatic rings. The van der Waals surface area contributed by atoms with Crippen molar-refractivity contribution in [3.05, 3.63) is 83.1 Å². The van der Waals surface area contributed by atoms with E-state index in [2.05, 4.69) is 15.3 Å². The molecule has 9 heteroatoms. The summed E-state index contributed by atoms with van der Waals surface area (Å²) in [5.41, 5.74) is 2.54. The van der Waals surface area contributed by atoms with Gasteiger partial charge in [-0.25, -0.2) is 9.97 Å². The third kappa shape index (κ3) is 3.94. The van der Waals surface area contributed by atoms with Crippen LogP contribution in [0.2, 0.25) is 0 Å². The van der Waals surface area contributed by atoms with Gasteiger partial charge in [-0.15, -0.1) is 0 Å². The van der Waals surface area contributed by atoms with E-state index >= 15 is 0 Å². The van der Waals surface area contributed by atoms with Gasteiger partial charge in [0.15, 0.2) is 0 Å². The van der Waals surface area contributed by atoms with Crippen LogP contribution < -0.4 is 5.32 Å². The lowest BCUT2D eigenvalue weighted by Gasteiger charge is -2.06. The third-order valence-electron chi connectivity index (χ3n) is 4.32. The zero-order valence-corrected chi connectivity index (χ0v) is 15.9. The van der Waals surface area contributed by atoms with Gasteiger partial charge in [-0.3, -0.25) is 14.9 Å². The number of fused-ring (bicyclic) bond motifs is 1. The number of hydrogen-bond acceptors (Lipinski definition) is 6. The largest absolute Gasteiger partial charge is 0.342 e. The Balaban J connectivity index is 1.80. The molecule has 2 heterocycles. The smallest absolute Gasteiger partial charge is 0.283 e. The normalized spacial score (nSPS) is 10.8. The zero-order valence-electron chi connectivity index (χ0n) is 15.1. The average Bonchev–Trinajstić information content (AvgIpc) is 3.06. The molecule has 0 aliphatic heterocycles. The molecule has 144 valence electrons. The lowest BCUT2D eigenvalue weighted by atomic mass is 10.2. The molecule has 0 saturated heterocycles. The van der Waals surface area contributed by atoms with E-state index in [1.165, 1.54) is 24.2 Å². The lowest BCUT2D eigenvalue weighted by Crippen LogP contribution is -2.00. The van der Waals surface area contributed by atoms with Crippen molar-refractivity contribution in [2.75, 3.05) is 5.32 Å². The maximum Gasteiger partial charge on any atom is 0.283 e. The second-order valence-electron chi connectivity index (χ2n) is 6.19. The number of nitro groups is 1. The van der Waals surface area contributed by atoms with Gasteiger partial charge in [-0.05, 0) is 24.3 Å². The van der Waals surface area contributed by atoms with Crippen molar-refractivity contribution in [2.45, 2.75) is 16.3 Å². The molecule has 0 bridgehead atoms. The topological polar surface area (TPSA) is 103 Å². The fourth-order valence-electron chi connectivity index (χ4n) is 3.05. The molecule has 1 N–H and O–H groups in total. The first-order valence-corrected chi connectivity index (χ1v) is 9.45. The summed E-state index contributed by atoms with van der Waals surface area (Å²) in [5, 5.41) is 15.0. The van der Waals surface area contributed by atoms with Crippen LogP contribution in [0.3, 0.4) is 0 Å². The molecule has 1 amide bonds. The fraction of sp³-hybridized carbons (Fsp3) is 0.0500. The Morgan fingerprint density at radius 3 is 2.69 bits per heavy atom. The molecule has 0 saturated carbocycles. The molecule has 2 aromatic carbocycles. The number of carbonyl (C=O) groups is 1. The molecule has 2 aromatic heterocycles. The van der Waals surface area contributed by atoms with Gasteiger partial charge in [0.25, 0.3) is 5.69 Å². The number of para-hydroxylation sites is 1. The van der Waals surface area contributed by atoms with E-state index < -0.39 is 0 Å². The van der Waals surface area contributed by atoms with Crippen LogP contribution in [0.25, 0.3) is 10.9 Å². The SMILES string of the molecule is O=CNc1ccc2c(Sc3ccccc3[N+](=O)[O-])cn(Cc3cncnc3)c2c1. The van der Waals surface area contributed by atoms with Gasteiger partial charge in [0.1, 0.15) is 6.33 Å². The van der Waals surface area contributed by atoms with Crippen LogP contribution in [0, 0.1) is 10.1 Å². The van der Waals surface area contributed by atoms with Crippen molar-refractivity contribution in [3.8, 4) is 0 Å². The number of benzene rings is 2. The Bertz CT molecular complexity index is 1190. The predicted molar refractivity (Wildman–Crippen MR) is 110 cm³/mol. The van der Waals surface area contributed by atoms with Gasteiger partial charge in [0.05, 0.1) is 21.9 Å². The summed E-state index contributed by atoms with van der Waals surface area (Å²) >= 11 is 1.34. The Labute approximate surface area is 169 Å². The second kappa shape index (κ2) is 8.11. The van der Waals surface area contributed by atoms with Crippen molar-refractivity contribution in [3.63, 3.8) is 0 Å². The molecule has 0 unspecified atom stereocenters. The minimum Gasteiger partial charge on any atom is -0.342 e. The quantitative estimate of drug-likeness (QED) is 0.282. The van der Waals surface area contributed by atoms with Crippen LogP contribution in [0.15, 0.2) is 77.2 Å². The van der Waals surface area contributed by atoms with Crippen LogP contribution in [0.5, 0.6) is 0 Å². The first-order chi connectivity index (χ1) is 14.2. The van der Waals surface area contributed by atoms with E-state index in [0.29, 0.717) is 23.5 Å². The number of carbonyl (C=O) groups excluding carboxylic acids is 1. The van der Waals surface area contributed by atoms with E-state index in [1.54, 1.807) is 36.7 Å². The maximum atomic E-state index is 11.4. The summed E-state index contributed by atoms with van der Waals surface area (Å²) < 4.78 is 2.01. The Hall–Kier alpha value is -3.72. The highest BCUT2D eigenvalue weighted by Crippen LogP contribution is 2.39. The number of hydrogen-bond donors (Lipinski definition) is 1. The summed E-state index contributed by atoms with van der Waals surface area (Å²) in [4.78, 5) is 31.4. The van der Waals surface area contributed by atoms with E-state index in [9.17, 15) is 14.9 Å². The summed E-state index contributed by atoms with van der Waals surface area (Å²) in [5.74, 6) is 0. The third-order valence-corrected chi connectivity index (χ3v) is 5.43. The summed E-state index contributed by atoms with van der Waals surface area (Å²) in [6.07, 6.45) is 7.52. The van der Waals surface area contributed by atoms with Gasteiger partial charge >= 0.3 is 0 Å². The second-order valence-corrected chi connectivity index (χ2v) is 7.27. The van der Waals surface area contributed by atoms with Gasteiger partial charge in [-0.1, -0.05) is 23.9 Å². The first-order valence-electron chi connectivity index (χ1n) is 8.64. The molecule has 0 aliphatic carbocycles. The Morgan fingerprint density at radius 2 is 1.93 bits per heavy atom. The molecular formula is C20H15N5O3S. The van der Waals surface area contributed by atoms with Crippen LogP contribution in [0.4, 0.5) is 11.4 Å². The maximum absolute atomic E-state index is 11.4. The number of rotatable bonds is 7. The van der Waals surface area contributed by atoms with E-state index in [-0.39, 0.29) is 10.6 Å². The van der Waals surface area contributed by atoms with Crippen molar-refractivity contribution in [1.29, 1.82) is 0 Å². The molecule has 8 nitrogen and oxygen atoms in total. The van der Waals surface area contributed by atoms with Gasteiger partial charge in [0, 0.05) is 46.2 Å². The van der Waals surface area contributed by atoms with E-state index in [1.807, 2.05) is 22.9 Å². The summed E-state index contributed by atoms with van der Waals surface area (Å²) in [7, 11) is 0. The summed E-state index contributed by atoms with van der Waals surface area (Å²) in [6.45, 7) is 0.527. The van der Waals surface area contributed by atoms with Crippen molar-refractivity contribution >= 4 is 40.4 Å². The summed E-state index contributed by atoms with van der Waals surface area (Å²) in [6, 6.07) is 12.2. The highest BCUT2D eigenvalue weighted by Gasteiger charge is 2.17. The lowest BCUT2D eigenvalue weighted by molar-refractivity contribution is -0.387. The number of anilines is 1. The molecule has 0 radical (unpaired) electrons. The molecular weight excluding hydrogens is 390 g/mol. The number of aromatic nitrogens is 3. The number of nitrogens with one attached hydrogen (secondary N) is 1. The van der Waals surface area contributed by atoms with E-state index in [4.69, 9.17) is 0 Å². The highest BCUT2D eigenvalue weighted by molar-refractivity contribution is 7.99. The predicted octanol–water partition coefficient (Wildman–Crippen LogP) is 4.11. The van der Waals surface area contributed by atoms with Crippen LogP contribution >= 0.6 is 11.8 Å². The Morgan fingerprint density at radius 1 is 1.14 bits per heavy atom. The van der Waals surface area contributed by atoms with Gasteiger partial charge in [-0.2, -0.15) is 0 Å². The minimum absolute atomic E-state index is 0.0640. The highest BCUT2D eigenvalue weighted by atomic mass is 32.2.